The number of benzene rings is 1. The van der Waals surface area contributed by atoms with Gasteiger partial charge in [0, 0.05) is 36.0 Å². The second-order valence-electron chi connectivity index (χ2n) is 6.46. The van der Waals surface area contributed by atoms with Crippen molar-refractivity contribution < 1.29 is 9.47 Å². The molecule has 4 rings (SSSR count). The molecule has 0 amide bonds. The van der Waals surface area contributed by atoms with E-state index in [4.69, 9.17) is 21.1 Å². The predicted octanol–water partition coefficient (Wildman–Crippen LogP) is 5.73. The van der Waals surface area contributed by atoms with Crippen molar-refractivity contribution >= 4 is 46.4 Å². The van der Waals surface area contributed by atoms with Crippen LogP contribution in [0.25, 0.3) is 10.9 Å². The molecule has 0 saturated carbocycles. The van der Waals surface area contributed by atoms with Crippen molar-refractivity contribution in [3.63, 3.8) is 0 Å². The standard InChI is InChI=1S/C20H22ClN3O2.ClH/c1-3-4-8-24-9-6-14-16(24)5-7-22-20(14)23-18-13(2)19-17(12-15(18)21)25-10-11-26-19;/h5-7,9,12H,3-4,8,10-11H2,1-2H3,(H,22,23);1H. The maximum Gasteiger partial charge on any atom is 0.166 e. The monoisotopic (exact) mass is 407 g/mol. The quantitative estimate of drug-likeness (QED) is 0.585. The third kappa shape index (κ3) is 3.66. The molecule has 0 bridgehead atoms. The molecule has 0 fully saturated rings. The van der Waals surface area contributed by atoms with E-state index in [0.29, 0.717) is 24.0 Å². The SMILES string of the molecule is CCCCn1ccc2c(Nc3c(Cl)cc4c(c3C)OCCO4)nccc21.Cl. The summed E-state index contributed by atoms with van der Waals surface area (Å²) in [5, 5.41) is 5.08. The highest BCUT2D eigenvalue weighted by atomic mass is 35.5. The summed E-state index contributed by atoms with van der Waals surface area (Å²) in [7, 11) is 0. The first kappa shape index (κ1) is 19.6. The number of pyridine rings is 1. The van der Waals surface area contributed by atoms with Crippen LogP contribution in [0.5, 0.6) is 11.5 Å². The second-order valence-corrected chi connectivity index (χ2v) is 6.87. The molecule has 1 aliphatic heterocycles. The van der Waals surface area contributed by atoms with Gasteiger partial charge < -0.3 is 19.4 Å². The summed E-state index contributed by atoms with van der Waals surface area (Å²) in [6, 6.07) is 5.95. The number of aromatic nitrogens is 2. The van der Waals surface area contributed by atoms with Gasteiger partial charge in [0.05, 0.1) is 16.2 Å². The fraction of sp³-hybridized carbons (Fsp3) is 0.350. The lowest BCUT2D eigenvalue weighted by Gasteiger charge is -2.23. The molecule has 1 aromatic carbocycles. The normalized spacial score (nSPS) is 12.7. The third-order valence-corrected chi connectivity index (χ3v) is 5.02. The van der Waals surface area contributed by atoms with Gasteiger partial charge >= 0.3 is 0 Å². The van der Waals surface area contributed by atoms with Gasteiger partial charge in [-0.25, -0.2) is 4.98 Å². The predicted molar refractivity (Wildman–Crippen MR) is 112 cm³/mol. The molecule has 0 saturated heterocycles. The smallest absolute Gasteiger partial charge is 0.166 e. The van der Waals surface area contributed by atoms with Crippen LogP contribution in [0.4, 0.5) is 11.5 Å². The molecule has 1 aliphatic rings. The van der Waals surface area contributed by atoms with Gasteiger partial charge in [0.15, 0.2) is 11.5 Å². The van der Waals surface area contributed by atoms with Gasteiger partial charge in [-0.2, -0.15) is 0 Å². The fourth-order valence-electron chi connectivity index (χ4n) is 3.33. The number of unbranched alkanes of at least 4 members (excludes halogenated alkanes) is 1. The highest BCUT2D eigenvalue weighted by Crippen LogP contribution is 2.43. The van der Waals surface area contributed by atoms with Gasteiger partial charge in [0.2, 0.25) is 0 Å². The zero-order chi connectivity index (χ0) is 18.1. The molecule has 5 nitrogen and oxygen atoms in total. The van der Waals surface area contributed by atoms with Crippen LogP contribution in [-0.2, 0) is 6.54 Å². The highest BCUT2D eigenvalue weighted by Gasteiger charge is 2.20. The van der Waals surface area contributed by atoms with Crippen LogP contribution in [0.3, 0.4) is 0 Å². The summed E-state index contributed by atoms with van der Waals surface area (Å²) in [6.07, 6.45) is 6.27. The van der Waals surface area contributed by atoms with E-state index >= 15 is 0 Å². The van der Waals surface area contributed by atoms with Crippen LogP contribution < -0.4 is 14.8 Å². The first-order valence-corrected chi connectivity index (χ1v) is 9.36. The Morgan fingerprint density at radius 2 is 2.07 bits per heavy atom. The van der Waals surface area contributed by atoms with Gasteiger partial charge in [-0.05, 0) is 25.5 Å². The Kier molecular flexibility index (Phi) is 6.02. The van der Waals surface area contributed by atoms with Crippen molar-refractivity contribution in [1.29, 1.82) is 0 Å². The number of hydrogen-bond acceptors (Lipinski definition) is 4. The van der Waals surface area contributed by atoms with Gasteiger partial charge in [-0.15, -0.1) is 12.4 Å². The second kappa shape index (κ2) is 8.28. The minimum absolute atomic E-state index is 0. The molecule has 7 heteroatoms. The largest absolute Gasteiger partial charge is 0.486 e. The van der Waals surface area contributed by atoms with Crippen LogP contribution >= 0.6 is 24.0 Å². The van der Waals surface area contributed by atoms with E-state index in [2.05, 4.69) is 40.1 Å². The average Bonchev–Trinajstić information content (AvgIpc) is 3.07. The maximum absolute atomic E-state index is 6.51. The molecule has 2 aromatic heterocycles. The lowest BCUT2D eigenvalue weighted by Crippen LogP contribution is -2.16. The number of nitrogens with one attached hydrogen (secondary N) is 1. The van der Waals surface area contributed by atoms with E-state index in [1.165, 1.54) is 11.9 Å². The molecule has 0 spiro atoms. The molecule has 0 atom stereocenters. The minimum atomic E-state index is 0. The molecule has 0 aliphatic carbocycles. The molecule has 3 aromatic rings. The number of fused-ring (bicyclic) bond motifs is 2. The van der Waals surface area contributed by atoms with Gasteiger partial charge in [0.25, 0.3) is 0 Å². The molecule has 0 unspecified atom stereocenters. The van der Waals surface area contributed by atoms with E-state index in [1.54, 1.807) is 6.07 Å². The van der Waals surface area contributed by atoms with Crippen molar-refractivity contribution in [3.8, 4) is 11.5 Å². The van der Waals surface area contributed by atoms with Crippen LogP contribution in [0.15, 0.2) is 30.6 Å². The van der Waals surface area contributed by atoms with Gasteiger partial charge in [-0.3, -0.25) is 0 Å². The maximum atomic E-state index is 6.51. The fourth-order valence-corrected chi connectivity index (χ4v) is 3.62. The van der Waals surface area contributed by atoms with Gasteiger partial charge in [-0.1, -0.05) is 24.9 Å². The highest BCUT2D eigenvalue weighted by molar-refractivity contribution is 6.34. The van der Waals surface area contributed by atoms with Gasteiger partial charge in [0.1, 0.15) is 19.0 Å². The molecule has 1 N–H and O–H groups in total. The molecule has 27 heavy (non-hydrogen) atoms. The number of halogens is 2. The van der Waals surface area contributed by atoms with Crippen molar-refractivity contribution in [2.75, 3.05) is 18.5 Å². The van der Waals surface area contributed by atoms with E-state index in [1.807, 2.05) is 13.1 Å². The Bertz CT molecular complexity index is 956. The number of rotatable bonds is 5. The summed E-state index contributed by atoms with van der Waals surface area (Å²) in [5.41, 5.74) is 2.90. The zero-order valence-corrected chi connectivity index (χ0v) is 17.0. The van der Waals surface area contributed by atoms with Crippen LogP contribution in [0.2, 0.25) is 5.02 Å². The zero-order valence-electron chi connectivity index (χ0n) is 15.4. The number of aryl methyl sites for hydroxylation is 1. The summed E-state index contributed by atoms with van der Waals surface area (Å²) in [4.78, 5) is 4.53. The van der Waals surface area contributed by atoms with E-state index < -0.39 is 0 Å². The minimum Gasteiger partial charge on any atom is -0.486 e. The van der Waals surface area contributed by atoms with Crippen molar-refractivity contribution in [1.82, 2.24) is 9.55 Å². The van der Waals surface area contributed by atoms with Crippen LogP contribution in [0.1, 0.15) is 25.3 Å². The number of hydrogen-bond donors (Lipinski definition) is 1. The van der Waals surface area contributed by atoms with E-state index in [0.717, 1.165) is 41.2 Å². The van der Waals surface area contributed by atoms with Crippen molar-refractivity contribution in [2.24, 2.45) is 0 Å². The van der Waals surface area contributed by atoms with E-state index in [9.17, 15) is 0 Å². The first-order chi connectivity index (χ1) is 12.7. The number of ether oxygens (including phenoxy) is 2. The average molecular weight is 408 g/mol. The Morgan fingerprint density at radius 3 is 2.89 bits per heavy atom. The Labute approximate surface area is 170 Å². The topological polar surface area (TPSA) is 48.3 Å². The molecule has 3 heterocycles. The molecular formula is C20H23Cl2N3O2. The Hall–Kier alpha value is -2.11. The van der Waals surface area contributed by atoms with Crippen LogP contribution in [0, 0.1) is 6.92 Å². The Morgan fingerprint density at radius 1 is 1.26 bits per heavy atom. The van der Waals surface area contributed by atoms with Crippen molar-refractivity contribution in [3.05, 3.63) is 41.2 Å². The summed E-state index contributed by atoms with van der Waals surface area (Å²) >= 11 is 6.51. The first-order valence-electron chi connectivity index (χ1n) is 8.98. The molecular weight excluding hydrogens is 385 g/mol. The third-order valence-electron chi connectivity index (χ3n) is 4.72. The Balaban J connectivity index is 0.00000210. The van der Waals surface area contributed by atoms with E-state index in [-0.39, 0.29) is 12.4 Å². The lowest BCUT2D eigenvalue weighted by atomic mass is 10.1. The summed E-state index contributed by atoms with van der Waals surface area (Å²) < 4.78 is 13.7. The lowest BCUT2D eigenvalue weighted by molar-refractivity contribution is 0.170. The molecule has 0 radical (unpaired) electrons. The summed E-state index contributed by atoms with van der Waals surface area (Å²) in [6.45, 7) is 6.28. The van der Waals surface area contributed by atoms with Crippen molar-refractivity contribution in [2.45, 2.75) is 33.2 Å². The van der Waals surface area contributed by atoms with Crippen LogP contribution in [-0.4, -0.2) is 22.8 Å². The number of nitrogens with zero attached hydrogens (tertiary/aromatic N) is 2. The summed E-state index contributed by atoms with van der Waals surface area (Å²) in [5.74, 6) is 2.23. The number of anilines is 2. The molecule has 144 valence electrons.